The number of nitrogens with zero attached hydrogens (tertiary/aromatic N) is 1. The molecule has 7 heteroatoms. The van der Waals surface area contributed by atoms with Gasteiger partial charge in [-0.15, -0.1) is 0 Å². The molecule has 3 atom stereocenters. The van der Waals surface area contributed by atoms with E-state index < -0.39 is 10.0 Å². The predicted molar refractivity (Wildman–Crippen MR) is 72.7 cm³/mol. The van der Waals surface area contributed by atoms with Crippen LogP contribution in [0.1, 0.15) is 31.9 Å². The number of rotatable bonds is 5. The number of sulfonamides is 1. The van der Waals surface area contributed by atoms with Crippen LogP contribution in [0.25, 0.3) is 0 Å². The maximum atomic E-state index is 12.4. The highest BCUT2D eigenvalue weighted by atomic mass is 32.2. The average Bonchev–Trinajstić information content (AvgIpc) is 3.12. The van der Waals surface area contributed by atoms with Crippen molar-refractivity contribution in [2.24, 2.45) is 0 Å². The molecule has 20 heavy (non-hydrogen) atoms. The van der Waals surface area contributed by atoms with Gasteiger partial charge in [-0.1, -0.05) is 0 Å². The van der Waals surface area contributed by atoms with Crippen LogP contribution in [0.15, 0.2) is 17.2 Å². The van der Waals surface area contributed by atoms with Crippen molar-refractivity contribution in [1.82, 2.24) is 9.29 Å². The van der Waals surface area contributed by atoms with Gasteiger partial charge < -0.3 is 14.4 Å². The summed E-state index contributed by atoms with van der Waals surface area (Å²) in [6.45, 7) is 2.37. The first-order chi connectivity index (χ1) is 9.53. The summed E-state index contributed by atoms with van der Waals surface area (Å²) in [6.07, 6.45) is 4.51. The quantitative estimate of drug-likeness (QED) is 0.834. The Balaban J connectivity index is 1.79. The number of ether oxygens (including phenoxy) is 1. The molecular weight excluding hydrogens is 280 g/mol. The predicted octanol–water partition coefficient (Wildman–Crippen LogP) is 0.598. The Morgan fingerprint density at radius 3 is 2.80 bits per heavy atom. The molecule has 0 amide bonds. The first-order valence-corrected chi connectivity index (χ1v) is 8.49. The molecule has 3 unspecified atom stereocenters. The SMILES string of the molecule is CCn1cc(S(=O)(=O)NC2CC3CCC2O3)cc1CO. The van der Waals surface area contributed by atoms with Crippen LogP contribution in [0, 0.1) is 0 Å². The number of aliphatic hydroxyl groups is 1. The van der Waals surface area contributed by atoms with Gasteiger partial charge in [0.1, 0.15) is 0 Å². The lowest BCUT2D eigenvalue weighted by Crippen LogP contribution is -2.41. The first-order valence-electron chi connectivity index (χ1n) is 7.01. The van der Waals surface area contributed by atoms with Crippen molar-refractivity contribution in [3.63, 3.8) is 0 Å². The zero-order valence-electron chi connectivity index (χ0n) is 11.4. The summed E-state index contributed by atoms with van der Waals surface area (Å²) in [5, 5.41) is 9.24. The summed E-state index contributed by atoms with van der Waals surface area (Å²) in [4.78, 5) is 0.214. The van der Waals surface area contributed by atoms with E-state index in [1.807, 2.05) is 6.92 Å². The number of aliphatic hydroxyl groups excluding tert-OH is 1. The Morgan fingerprint density at radius 1 is 1.50 bits per heavy atom. The van der Waals surface area contributed by atoms with Crippen molar-refractivity contribution >= 4 is 10.0 Å². The third-order valence-corrected chi connectivity index (χ3v) is 5.64. The second kappa shape index (κ2) is 5.14. The van der Waals surface area contributed by atoms with Gasteiger partial charge in [0.15, 0.2) is 0 Å². The van der Waals surface area contributed by atoms with E-state index in [0.29, 0.717) is 12.2 Å². The van der Waals surface area contributed by atoms with Crippen LogP contribution in [0.2, 0.25) is 0 Å². The fourth-order valence-corrected chi connectivity index (χ4v) is 4.47. The summed E-state index contributed by atoms with van der Waals surface area (Å²) in [5.41, 5.74) is 0.608. The van der Waals surface area contributed by atoms with E-state index in [-0.39, 0.29) is 29.8 Å². The fourth-order valence-electron chi connectivity index (χ4n) is 3.13. The summed E-state index contributed by atoms with van der Waals surface area (Å²) in [7, 11) is -3.55. The lowest BCUT2D eigenvalue weighted by molar-refractivity contribution is 0.0996. The van der Waals surface area contributed by atoms with Crippen LogP contribution >= 0.6 is 0 Å². The Bertz CT molecular complexity index is 574. The molecule has 0 radical (unpaired) electrons. The number of aryl methyl sites for hydroxylation is 1. The van der Waals surface area contributed by atoms with Gasteiger partial charge in [0, 0.05) is 18.4 Å². The van der Waals surface area contributed by atoms with Crippen molar-refractivity contribution in [3.8, 4) is 0 Å². The molecule has 0 aliphatic carbocycles. The minimum Gasteiger partial charge on any atom is -0.390 e. The fraction of sp³-hybridized carbons (Fsp3) is 0.692. The van der Waals surface area contributed by atoms with Gasteiger partial charge in [0.25, 0.3) is 0 Å². The van der Waals surface area contributed by atoms with Crippen LogP contribution < -0.4 is 4.72 Å². The molecule has 112 valence electrons. The Morgan fingerprint density at radius 2 is 2.30 bits per heavy atom. The van der Waals surface area contributed by atoms with Crippen LogP contribution in [0.4, 0.5) is 0 Å². The molecule has 2 bridgehead atoms. The zero-order valence-corrected chi connectivity index (χ0v) is 12.3. The number of hydrogen-bond acceptors (Lipinski definition) is 4. The van der Waals surface area contributed by atoms with Crippen LogP contribution in [0.3, 0.4) is 0 Å². The molecule has 1 aromatic heterocycles. The van der Waals surface area contributed by atoms with Gasteiger partial charge in [-0.2, -0.15) is 0 Å². The lowest BCUT2D eigenvalue weighted by Gasteiger charge is -2.19. The van der Waals surface area contributed by atoms with Crippen LogP contribution in [-0.2, 0) is 27.9 Å². The monoisotopic (exact) mass is 300 g/mol. The van der Waals surface area contributed by atoms with Crippen molar-refractivity contribution in [2.75, 3.05) is 0 Å². The maximum Gasteiger partial charge on any atom is 0.242 e. The lowest BCUT2D eigenvalue weighted by atomic mass is 9.96. The van der Waals surface area contributed by atoms with Crippen LogP contribution in [0.5, 0.6) is 0 Å². The molecule has 2 N–H and O–H groups in total. The highest BCUT2D eigenvalue weighted by molar-refractivity contribution is 7.89. The standard InChI is InChI=1S/C13H20N2O4S/c1-2-15-7-11(5-9(15)8-16)20(17,18)14-12-6-10-3-4-13(12)19-10/h5,7,10,12-14,16H,2-4,6,8H2,1H3. The number of hydrogen-bond donors (Lipinski definition) is 2. The van der Waals surface area contributed by atoms with Crippen molar-refractivity contribution in [3.05, 3.63) is 18.0 Å². The summed E-state index contributed by atoms with van der Waals surface area (Å²) >= 11 is 0. The van der Waals surface area contributed by atoms with E-state index in [1.165, 1.54) is 6.07 Å². The molecule has 3 rings (SSSR count). The minimum atomic E-state index is -3.55. The van der Waals surface area contributed by atoms with Gasteiger partial charge in [-0.05, 0) is 32.3 Å². The Hall–Kier alpha value is -0.890. The van der Waals surface area contributed by atoms with Gasteiger partial charge in [-0.3, -0.25) is 0 Å². The van der Waals surface area contributed by atoms with Gasteiger partial charge in [0.05, 0.1) is 29.8 Å². The molecule has 0 aromatic carbocycles. The van der Waals surface area contributed by atoms with Crippen molar-refractivity contribution in [2.45, 2.75) is 62.5 Å². The van der Waals surface area contributed by atoms with E-state index in [9.17, 15) is 13.5 Å². The minimum absolute atomic E-state index is 0.0142. The summed E-state index contributed by atoms with van der Waals surface area (Å²) in [5.74, 6) is 0. The smallest absolute Gasteiger partial charge is 0.242 e. The third-order valence-electron chi connectivity index (χ3n) is 4.19. The summed E-state index contributed by atoms with van der Waals surface area (Å²) in [6, 6.07) is 1.40. The molecule has 2 aliphatic rings. The second-order valence-corrected chi connectivity index (χ2v) is 7.16. The normalized spacial score (nSPS) is 29.2. The maximum absolute atomic E-state index is 12.4. The second-order valence-electron chi connectivity index (χ2n) is 5.45. The van der Waals surface area contributed by atoms with Crippen molar-refractivity contribution < 1.29 is 18.3 Å². The van der Waals surface area contributed by atoms with Gasteiger partial charge in [0.2, 0.25) is 10.0 Å². The average molecular weight is 300 g/mol. The molecule has 2 aliphatic heterocycles. The van der Waals surface area contributed by atoms with E-state index in [2.05, 4.69) is 4.72 Å². The molecule has 2 saturated heterocycles. The van der Waals surface area contributed by atoms with E-state index in [1.54, 1.807) is 10.8 Å². The Labute approximate surface area is 118 Å². The van der Waals surface area contributed by atoms with Gasteiger partial charge >= 0.3 is 0 Å². The molecule has 6 nitrogen and oxygen atoms in total. The molecule has 0 spiro atoms. The van der Waals surface area contributed by atoms with E-state index >= 15 is 0 Å². The molecule has 3 heterocycles. The molecular formula is C13H20N2O4S. The van der Waals surface area contributed by atoms with Crippen molar-refractivity contribution in [1.29, 1.82) is 0 Å². The molecule has 2 fully saturated rings. The number of aromatic nitrogens is 1. The topological polar surface area (TPSA) is 80.6 Å². The third kappa shape index (κ3) is 2.39. The van der Waals surface area contributed by atoms with Crippen LogP contribution in [-0.4, -0.2) is 36.3 Å². The number of nitrogens with one attached hydrogen (secondary N) is 1. The zero-order chi connectivity index (χ0) is 14.3. The first kappa shape index (κ1) is 14.1. The highest BCUT2D eigenvalue weighted by Gasteiger charge is 2.42. The van der Waals surface area contributed by atoms with E-state index in [4.69, 9.17) is 4.74 Å². The molecule has 0 saturated carbocycles. The largest absolute Gasteiger partial charge is 0.390 e. The number of fused-ring (bicyclic) bond motifs is 2. The Kier molecular flexibility index (Phi) is 3.62. The van der Waals surface area contributed by atoms with E-state index in [0.717, 1.165) is 19.3 Å². The molecule has 1 aromatic rings. The summed E-state index contributed by atoms with van der Waals surface area (Å²) < 4.78 is 35.0. The van der Waals surface area contributed by atoms with Gasteiger partial charge in [-0.25, -0.2) is 13.1 Å². The highest BCUT2D eigenvalue weighted by Crippen LogP contribution is 2.35.